The van der Waals surface area contributed by atoms with Gasteiger partial charge in [0, 0.05) is 5.92 Å². The maximum Gasteiger partial charge on any atom is 0.0932 e. The number of hydrogen-bond acceptors (Lipinski definition) is 2. The van der Waals surface area contributed by atoms with Crippen molar-refractivity contribution >= 4 is 11.3 Å². The van der Waals surface area contributed by atoms with Gasteiger partial charge in [0.05, 0.1) is 15.6 Å². The summed E-state index contributed by atoms with van der Waals surface area (Å²) in [6.45, 7) is 4.45. The number of rotatable bonds is 5. The molecule has 1 saturated carbocycles. The molecule has 1 nitrogen and oxygen atoms in total. The highest BCUT2D eigenvalue weighted by Gasteiger charge is 2.24. The van der Waals surface area contributed by atoms with E-state index >= 15 is 0 Å². The van der Waals surface area contributed by atoms with Crippen molar-refractivity contribution in [1.82, 2.24) is 4.98 Å². The molecule has 2 aromatic rings. The quantitative estimate of drug-likeness (QED) is 0.661. The topological polar surface area (TPSA) is 12.9 Å². The van der Waals surface area contributed by atoms with Crippen LogP contribution in [0.15, 0.2) is 24.3 Å². The van der Waals surface area contributed by atoms with Gasteiger partial charge in [-0.25, -0.2) is 4.98 Å². The SMILES string of the molecule is CCCc1ccc(-c2sc(CC)nc2C2CCCC2)cc1. The average Bonchev–Trinajstić information content (AvgIpc) is 3.17. The van der Waals surface area contributed by atoms with E-state index in [4.69, 9.17) is 4.98 Å². The van der Waals surface area contributed by atoms with Crippen molar-refractivity contribution in [1.29, 1.82) is 0 Å². The van der Waals surface area contributed by atoms with Crippen LogP contribution < -0.4 is 0 Å². The lowest BCUT2D eigenvalue weighted by Gasteiger charge is -2.09. The third-order valence-corrected chi connectivity index (χ3v) is 5.76. The van der Waals surface area contributed by atoms with Crippen molar-refractivity contribution in [3.63, 3.8) is 0 Å². The molecule has 0 N–H and O–H groups in total. The first-order valence-corrected chi connectivity index (χ1v) is 9.22. The van der Waals surface area contributed by atoms with Gasteiger partial charge in [-0.2, -0.15) is 0 Å². The number of hydrogen-bond donors (Lipinski definition) is 0. The van der Waals surface area contributed by atoms with Crippen LogP contribution >= 0.6 is 11.3 Å². The van der Waals surface area contributed by atoms with E-state index in [1.807, 2.05) is 11.3 Å². The first kappa shape index (κ1) is 14.8. The number of nitrogens with zero attached hydrogens (tertiary/aromatic N) is 1. The Morgan fingerprint density at radius 2 is 1.81 bits per heavy atom. The predicted octanol–water partition coefficient (Wildman–Crippen LogP) is 5.98. The van der Waals surface area contributed by atoms with E-state index in [1.54, 1.807) is 0 Å². The molecule has 1 aliphatic carbocycles. The molecule has 0 amide bonds. The molecule has 1 aromatic heterocycles. The highest BCUT2D eigenvalue weighted by molar-refractivity contribution is 7.15. The summed E-state index contributed by atoms with van der Waals surface area (Å²) in [4.78, 5) is 6.40. The Labute approximate surface area is 132 Å². The van der Waals surface area contributed by atoms with Crippen LogP contribution in [0.5, 0.6) is 0 Å². The van der Waals surface area contributed by atoms with Crippen LogP contribution in [0.2, 0.25) is 0 Å². The lowest BCUT2D eigenvalue weighted by molar-refractivity contribution is 0.701. The molecule has 1 fully saturated rings. The van der Waals surface area contributed by atoms with Crippen LogP contribution in [0.1, 0.15) is 68.1 Å². The van der Waals surface area contributed by atoms with Crippen molar-refractivity contribution in [3.05, 3.63) is 40.5 Å². The van der Waals surface area contributed by atoms with E-state index in [0.29, 0.717) is 5.92 Å². The smallest absolute Gasteiger partial charge is 0.0932 e. The Kier molecular flexibility index (Phi) is 4.74. The zero-order chi connectivity index (χ0) is 14.7. The number of aryl methyl sites for hydroxylation is 2. The van der Waals surface area contributed by atoms with E-state index in [1.165, 1.54) is 65.2 Å². The third-order valence-electron chi connectivity index (χ3n) is 4.50. The minimum absolute atomic E-state index is 0.701. The molecule has 2 heteroatoms. The van der Waals surface area contributed by atoms with E-state index in [-0.39, 0.29) is 0 Å². The lowest BCUT2D eigenvalue weighted by Crippen LogP contribution is -1.95. The Morgan fingerprint density at radius 3 is 2.43 bits per heavy atom. The molecule has 0 atom stereocenters. The summed E-state index contributed by atoms with van der Waals surface area (Å²) in [7, 11) is 0. The Bertz CT molecular complexity index is 576. The van der Waals surface area contributed by atoms with Gasteiger partial charge in [0.2, 0.25) is 0 Å². The van der Waals surface area contributed by atoms with Gasteiger partial charge in [-0.05, 0) is 36.8 Å². The molecule has 1 heterocycles. The molecule has 112 valence electrons. The summed E-state index contributed by atoms with van der Waals surface area (Å²) < 4.78 is 0. The Hall–Kier alpha value is -1.15. The molecule has 21 heavy (non-hydrogen) atoms. The molecule has 1 aliphatic rings. The van der Waals surface area contributed by atoms with Crippen LogP contribution in [0.4, 0.5) is 0 Å². The van der Waals surface area contributed by atoms with Crippen LogP contribution in [-0.4, -0.2) is 4.98 Å². The van der Waals surface area contributed by atoms with Crippen molar-refractivity contribution in [3.8, 4) is 10.4 Å². The van der Waals surface area contributed by atoms with Crippen LogP contribution in [0.3, 0.4) is 0 Å². The summed E-state index contributed by atoms with van der Waals surface area (Å²) >= 11 is 1.91. The molecule has 0 aliphatic heterocycles. The van der Waals surface area contributed by atoms with E-state index in [0.717, 1.165) is 6.42 Å². The second kappa shape index (κ2) is 6.74. The number of benzene rings is 1. The molecule has 3 rings (SSSR count). The van der Waals surface area contributed by atoms with Gasteiger partial charge in [0.25, 0.3) is 0 Å². The first-order valence-electron chi connectivity index (χ1n) is 8.40. The first-order chi connectivity index (χ1) is 10.3. The van der Waals surface area contributed by atoms with Crippen LogP contribution in [-0.2, 0) is 12.8 Å². The molecular formula is C19H25NS. The summed E-state index contributed by atoms with van der Waals surface area (Å²) in [6.07, 6.45) is 8.85. The summed E-state index contributed by atoms with van der Waals surface area (Å²) in [5.74, 6) is 0.701. The molecule has 0 spiro atoms. The summed E-state index contributed by atoms with van der Waals surface area (Å²) in [6, 6.07) is 9.19. The minimum Gasteiger partial charge on any atom is -0.245 e. The number of thiazole rings is 1. The van der Waals surface area contributed by atoms with Gasteiger partial charge in [-0.1, -0.05) is 57.4 Å². The second-order valence-corrected chi connectivity index (χ2v) is 7.19. The van der Waals surface area contributed by atoms with Crippen LogP contribution in [0.25, 0.3) is 10.4 Å². The standard InChI is InChI=1S/C19H25NS/c1-3-7-14-10-12-16(13-11-14)19-18(15-8-5-6-9-15)20-17(4-2)21-19/h10-13,15H,3-9H2,1-2H3. The fourth-order valence-electron chi connectivity index (χ4n) is 3.32. The van der Waals surface area contributed by atoms with Gasteiger partial charge in [-0.3, -0.25) is 0 Å². The largest absolute Gasteiger partial charge is 0.245 e. The lowest BCUT2D eigenvalue weighted by atomic mass is 9.99. The monoisotopic (exact) mass is 299 g/mol. The molecule has 0 unspecified atom stereocenters. The molecule has 0 radical (unpaired) electrons. The fourth-order valence-corrected chi connectivity index (χ4v) is 4.42. The normalized spacial score (nSPS) is 15.7. The van der Waals surface area contributed by atoms with Gasteiger partial charge >= 0.3 is 0 Å². The second-order valence-electron chi connectivity index (χ2n) is 6.10. The molecule has 0 bridgehead atoms. The minimum atomic E-state index is 0.701. The maximum absolute atomic E-state index is 4.96. The third kappa shape index (κ3) is 3.21. The van der Waals surface area contributed by atoms with Gasteiger partial charge in [-0.15, -0.1) is 11.3 Å². The zero-order valence-electron chi connectivity index (χ0n) is 13.2. The van der Waals surface area contributed by atoms with Crippen LogP contribution in [0, 0.1) is 0 Å². The van der Waals surface area contributed by atoms with Gasteiger partial charge in [0.15, 0.2) is 0 Å². The van der Waals surface area contributed by atoms with E-state index in [2.05, 4.69) is 38.1 Å². The van der Waals surface area contributed by atoms with Gasteiger partial charge < -0.3 is 0 Å². The molecule has 0 saturated heterocycles. The Balaban J connectivity index is 1.94. The van der Waals surface area contributed by atoms with Gasteiger partial charge in [0.1, 0.15) is 0 Å². The van der Waals surface area contributed by atoms with E-state index in [9.17, 15) is 0 Å². The fraction of sp³-hybridized carbons (Fsp3) is 0.526. The van der Waals surface area contributed by atoms with Crippen molar-refractivity contribution in [2.45, 2.75) is 64.7 Å². The number of aromatic nitrogens is 1. The average molecular weight is 299 g/mol. The maximum atomic E-state index is 4.96. The highest BCUT2D eigenvalue weighted by Crippen LogP contribution is 2.41. The zero-order valence-corrected chi connectivity index (χ0v) is 14.0. The summed E-state index contributed by atoms with van der Waals surface area (Å²) in [5, 5.41) is 1.30. The van der Waals surface area contributed by atoms with Crippen molar-refractivity contribution in [2.24, 2.45) is 0 Å². The predicted molar refractivity (Wildman–Crippen MR) is 92.1 cm³/mol. The van der Waals surface area contributed by atoms with E-state index < -0.39 is 0 Å². The molecule has 1 aromatic carbocycles. The highest BCUT2D eigenvalue weighted by atomic mass is 32.1. The molecular weight excluding hydrogens is 274 g/mol. The summed E-state index contributed by atoms with van der Waals surface area (Å²) in [5.41, 5.74) is 4.20. The van der Waals surface area contributed by atoms with Crippen molar-refractivity contribution < 1.29 is 0 Å². The van der Waals surface area contributed by atoms with Crippen molar-refractivity contribution in [2.75, 3.05) is 0 Å². The Morgan fingerprint density at radius 1 is 1.10 bits per heavy atom.